The van der Waals surface area contributed by atoms with Crippen LogP contribution in [0, 0.1) is 5.92 Å². The van der Waals surface area contributed by atoms with Crippen LogP contribution in [-0.4, -0.2) is 61.3 Å². The predicted octanol–water partition coefficient (Wildman–Crippen LogP) is 3.06. The van der Waals surface area contributed by atoms with Crippen molar-refractivity contribution in [2.75, 3.05) is 39.3 Å². The van der Waals surface area contributed by atoms with Crippen molar-refractivity contribution in [3.05, 3.63) is 35.9 Å². The van der Waals surface area contributed by atoms with Gasteiger partial charge in [0.25, 0.3) is 0 Å². The highest BCUT2D eigenvalue weighted by Crippen LogP contribution is 2.18. The molecule has 0 aliphatic carbocycles. The molecule has 2 rings (SSSR count). The molecule has 154 valence electrons. The van der Waals surface area contributed by atoms with Gasteiger partial charge in [0.2, 0.25) is 0 Å². The van der Waals surface area contributed by atoms with E-state index in [1.807, 2.05) is 18.2 Å². The molecule has 1 unspecified atom stereocenters. The number of benzene rings is 1. The van der Waals surface area contributed by atoms with E-state index in [0.29, 0.717) is 18.5 Å². The number of aliphatic hydroxyl groups excluding tert-OH is 1. The quantitative estimate of drug-likeness (QED) is 0.284. The zero-order chi connectivity index (χ0) is 18.8. The first-order chi connectivity index (χ1) is 12.6. The third kappa shape index (κ3) is 8.35. The van der Waals surface area contributed by atoms with Gasteiger partial charge in [-0.05, 0) is 37.8 Å². The minimum atomic E-state index is 0. The summed E-state index contributed by atoms with van der Waals surface area (Å²) in [4.78, 5) is 7.32. The fourth-order valence-corrected chi connectivity index (χ4v) is 3.59. The van der Waals surface area contributed by atoms with Gasteiger partial charge in [0.05, 0.1) is 13.2 Å². The molecule has 2 atom stereocenters. The summed E-state index contributed by atoms with van der Waals surface area (Å²) < 4.78 is 0. The van der Waals surface area contributed by atoms with Gasteiger partial charge in [-0.3, -0.25) is 9.89 Å². The van der Waals surface area contributed by atoms with Crippen molar-refractivity contribution < 1.29 is 5.11 Å². The highest BCUT2D eigenvalue weighted by molar-refractivity contribution is 14.0. The second-order valence-electron chi connectivity index (χ2n) is 7.58. The SMILES string of the molecule is CCNC(=NCC(CO)c1ccccc1)NC[C@H]1CCCN1CC(C)C.I. The summed E-state index contributed by atoms with van der Waals surface area (Å²) in [6, 6.07) is 10.7. The normalized spacial score (nSPS) is 19.0. The van der Waals surface area contributed by atoms with Gasteiger partial charge in [0, 0.05) is 31.6 Å². The summed E-state index contributed by atoms with van der Waals surface area (Å²) in [5.41, 5.74) is 1.13. The van der Waals surface area contributed by atoms with Gasteiger partial charge in [-0.1, -0.05) is 44.2 Å². The Morgan fingerprint density at radius 3 is 2.63 bits per heavy atom. The molecule has 1 saturated heterocycles. The Kier molecular flexibility index (Phi) is 11.9. The van der Waals surface area contributed by atoms with Crippen molar-refractivity contribution in [2.24, 2.45) is 10.9 Å². The lowest BCUT2D eigenvalue weighted by molar-refractivity contribution is 0.226. The fourth-order valence-electron chi connectivity index (χ4n) is 3.59. The summed E-state index contributed by atoms with van der Waals surface area (Å²) in [6.45, 7) is 11.5. The zero-order valence-corrected chi connectivity index (χ0v) is 19.4. The molecule has 1 aromatic rings. The number of aliphatic imine (C=N–C) groups is 1. The number of likely N-dealkylation sites (tertiary alicyclic amines) is 1. The number of hydrogen-bond donors (Lipinski definition) is 3. The number of guanidine groups is 1. The Hall–Kier alpha value is -0.860. The second-order valence-corrected chi connectivity index (χ2v) is 7.58. The molecule has 1 fully saturated rings. The van der Waals surface area contributed by atoms with Crippen LogP contribution in [0.15, 0.2) is 35.3 Å². The maximum atomic E-state index is 9.73. The molecule has 0 spiro atoms. The fraction of sp³-hybridized carbons (Fsp3) is 0.667. The van der Waals surface area contributed by atoms with Crippen LogP contribution in [0.4, 0.5) is 0 Å². The topological polar surface area (TPSA) is 59.9 Å². The highest BCUT2D eigenvalue weighted by atomic mass is 127. The van der Waals surface area contributed by atoms with Gasteiger partial charge < -0.3 is 15.7 Å². The van der Waals surface area contributed by atoms with Crippen molar-refractivity contribution in [3.63, 3.8) is 0 Å². The molecule has 1 aliphatic heterocycles. The standard InChI is InChI=1S/C21H36N4O.HI/c1-4-22-21(23-13-19(16-26)18-9-6-5-7-10-18)24-14-20-11-8-12-25(20)15-17(2)3;/h5-7,9-10,17,19-20,26H,4,8,11-16H2,1-3H3,(H2,22,23,24);1H/t19?,20-;/m1./s1. The molecule has 27 heavy (non-hydrogen) atoms. The van der Waals surface area contributed by atoms with Crippen LogP contribution in [-0.2, 0) is 0 Å². The number of aliphatic hydroxyl groups is 1. The summed E-state index contributed by atoms with van der Waals surface area (Å²) in [6.07, 6.45) is 2.54. The van der Waals surface area contributed by atoms with Gasteiger partial charge in [-0.15, -0.1) is 24.0 Å². The summed E-state index contributed by atoms with van der Waals surface area (Å²) in [5, 5.41) is 16.6. The minimum Gasteiger partial charge on any atom is -0.396 e. The largest absolute Gasteiger partial charge is 0.396 e. The van der Waals surface area contributed by atoms with Gasteiger partial charge in [-0.25, -0.2) is 0 Å². The van der Waals surface area contributed by atoms with E-state index < -0.39 is 0 Å². The van der Waals surface area contributed by atoms with Gasteiger partial charge >= 0.3 is 0 Å². The van der Waals surface area contributed by atoms with Crippen molar-refractivity contribution in [1.82, 2.24) is 15.5 Å². The average Bonchev–Trinajstić information content (AvgIpc) is 3.07. The number of nitrogens with zero attached hydrogens (tertiary/aromatic N) is 2. The van der Waals surface area contributed by atoms with E-state index >= 15 is 0 Å². The van der Waals surface area contributed by atoms with Gasteiger partial charge in [-0.2, -0.15) is 0 Å². The summed E-state index contributed by atoms with van der Waals surface area (Å²) in [7, 11) is 0. The van der Waals surface area contributed by atoms with E-state index in [9.17, 15) is 5.11 Å². The van der Waals surface area contributed by atoms with Crippen LogP contribution in [0.1, 0.15) is 45.1 Å². The number of rotatable bonds is 9. The molecule has 0 radical (unpaired) electrons. The van der Waals surface area contributed by atoms with Crippen molar-refractivity contribution in [3.8, 4) is 0 Å². The van der Waals surface area contributed by atoms with Crippen LogP contribution in [0.25, 0.3) is 0 Å². The predicted molar refractivity (Wildman–Crippen MR) is 125 cm³/mol. The van der Waals surface area contributed by atoms with E-state index in [1.54, 1.807) is 0 Å². The Bertz CT molecular complexity index is 538. The molecule has 0 bridgehead atoms. The Morgan fingerprint density at radius 2 is 2.00 bits per heavy atom. The molecule has 0 amide bonds. The second kappa shape index (κ2) is 13.3. The monoisotopic (exact) mass is 488 g/mol. The number of nitrogens with one attached hydrogen (secondary N) is 2. The van der Waals surface area contributed by atoms with E-state index in [1.165, 1.54) is 25.9 Å². The van der Waals surface area contributed by atoms with Gasteiger partial charge in [0.15, 0.2) is 5.96 Å². The third-order valence-electron chi connectivity index (χ3n) is 4.91. The van der Waals surface area contributed by atoms with E-state index in [2.05, 4.69) is 48.4 Å². The first-order valence-corrected chi connectivity index (χ1v) is 10.1. The maximum absolute atomic E-state index is 9.73. The van der Waals surface area contributed by atoms with Crippen LogP contribution in [0.5, 0.6) is 0 Å². The Labute approximate surface area is 182 Å². The lowest BCUT2D eigenvalue weighted by Crippen LogP contribution is -2.45. The third-order valence-corrected chi connectivity index (χ3v) is 4.91. The smallest absolute Gasteiger partial charge is 0.191 e. The Balaban J connectivity index is 0.00000364. The minimum absolute atomic E-state index is 0. The van der Waals surface area contributed by atoms with E-state index in [0.717, 1.165) is 24.6 Å². The molecule has 1 aliphatic rings. The number of hydrogen-bond acceptors (Lipinski definition) is 3. The molecular weight excluding hydrogens is 451 g/mol. The lowest BCUT2D eigenvalue weighted by atomic mass is 10.0. The van der Waals surface area contributed by atoms with Crippen molar-refractivity contribution in [2.45, 2.75) is 45.6 Å². The van der Waals surface area contributed by atoms with Gasteiger partial charge in [0.1, 0.15) is 0 Å². The van der Waals surface area contributed by atoms with Crippen molar-refractivity contribution >= 4 is 29.9 Å². The summed E-state index contributed by atoms with van der Waals surface area (Å²) in [5.74, 6) is 1.59. The van der Waals surface area contributed by atoms with Crippen LogP contribution >= 0.6 is 24.0 Å². The molecule has 3 N–H and O–H groups in total. The first-order valence-electron chi connectivity index (χ1n) is 10.1. The lowest BCUT2D eigenvalue weighted by Gasteiger charge is -2.27. The Morgan fingerprint density at radius 1 is 1.26 bits per heavy atom. The molecule has 0 aromatic heterocycles. The van der Waals surface area contributed by atoms with Crippen LogP contribution in [0.2, 0.25) is 0 Å². The zero-order valence-electron chi connectivity index (χ0n) is 17.0. The number of halogens is 1. The molecule has 1 aromatic carbocycles. The highest BCUT2D eigenvalue weighted by Gasteiger charge is 2.24. The van der Waals surface area contributed by atoms with E-state index in [-0.39, 0.29) is 36.5 Å². The first kappa shape index (κ1) is 24.2. The average molecular weight is 488 g/mol. The molecular formula is C21H37IN4O. The molecule has 1 heterocycles. The van der Waals surface area contributed by atoms with Crippen LogP contribution in [0.3, 0.4) is 0 Å². The van der Waals surface area contributed by atoms with Crippen molar-refractivity contribution in [1.29, 1.82) is 0 Å². The molecule has 6 heteroatoms. The van der Waals surface area contributed by atoms with E-state index in [4.69, 9.17) is 4.99 Å². The maximum Gasteiger partial charge on any atom is 0.191 e. The molecule has 0 saturated carbocycles. The summed E-state index contributed by atoms with van der Waals surface area (Å²) >= 11 is 0. The molecule has 5 nitrogen and oxygen atoms in total. The van der Waals surface area contributed by atoms with Crippen LogP contribution < -0.4 is 10.6 Å².